The van der Waals surface area contributed by atoms with Gasteiger partial charge in [-0.15, -0.1) is 0 Å². The van der Waals surface area contributed by atoms with Crippen molar-refractivity contribution in [3.63, 3.8) is 0 Å². The molecule has 1 amide bonds. The number of halogens is 1. The second kappa shape index (κ2) is 5.41. The van der Waals surface area contributed by atoms with E-state index in [4.69, 9.17) is 0 Å². The largest absolute Gasteiger partial charge is 0.389 e. The van der Waals surface area contributed by atoms with E-state index in [0.717, 1.165) is 15.6 Å². The van der Waals surface area contributed by atoms with Gasteiger partial charge in [-0.05, 0) is 51.0 Å². The van der Waals surface area contributed by atoms with Gasteiger partial charge in [-0.25, -0.2) is 0 Å². The zero-order valence-electron chi connectivity index (χ0n) is 11.5. The molecule has 0 heterocycles. The van der Waals surface area contributed by atoms with Crippen molar-refractivity contribution in [2.24, 2.45) is 0 Å². The maximum Gasteiger partial charge on any atom is 0.253 e. The Morgan fingerprint density at radius 1 is 1.33 bits per heavy atom. The Balaban J connectivity index is 3.01. The molecule has 0 unspecified atom stereocenters. The van der Waals surface area contributed by atoms with Crippen LogP contribution in [0.5, 0.6) is 0 Å². The molecule has 1 N–H and O–H groups in total. The molecule has 18 heavy (non-hydrogen) atoms. The van der Waals surface area contributed by atoms with Gasteiger partial charge >= 0.3 is 0 Å². The van der Waals surface area contributed by atoms with Gasteiger partial charge in [0.25, 0.3) is 5.91 Å². The van der Waals surface area contributed by atoms with Crippen molar-refractivity contribution in [2.75, 3.05) is 13.6 Å². The molecule has 0 saturated heterocycles. The van der Waals surface area contributed by atoms with E-state index in [1.807, 2.05) is 26.0 Å². The first-order chi connectivity index (χ1) is 8.11. The summed E-state index contributed by atoms with van der Waals surface area (Å²) in [6.07, 6.45) is 0. The summed E-state index contributed by atoms with van der Waals surface area (Å²) in [4.78, 5) is 13.9. The van der Waals surface area contributed by atoms with Crippen LogP contribution in [0.1, 0.15) is 35.3 Å². The SMILES string of the molecule is Cc1cc(C(=O)N(C)CC(C)(C)O)c(C)cc1Br. The standard InChI is InChI=1S/C14H20BrNO2/c1-9-7-12(15)10(2)6-11(9)13(17)16(5)8-14(3,4)18/h6-7,18H,8H2,1-5H3. The van der Waals surface area contributed by atoms with Gasteiger partial charge in [0.05, 0.1) is 5.60 Å². The number of hydrogen-bond acceptors (Lipinski definition) is 2. The minimum Gasteiger partial charge on any atom is -0.389 e. The number of aryl methyl sites for hydroxylation is 2. The fraction of sp³-hybridized carbons (Fsp3) is 0.500. The third-order valence-corrected chi connectivity index (χ3v) is 3.56. The van der Waals surface area contributed by atoms with Gasteiger partial charge in [0.15, 0.2) is 0 Å². The molecular weight excluding hydrogens is 294 g/mol. The Hall–Kier alpha value is -0.870. The summed E-state index contributed by atoms with van der Waals surface area (Å²) in [7, 11) is 1.71. The summed E-state index contributed by atoms with van der Waals surface area (Å²) in [6, 6.07) is 3.82. The van der Waals surface area contributed by atoms with Crippen molar-refractivity contribution in [1.29, 1.82) is 0 Å². The van der Waals surface area contributed by atoms with Crippen molar-refractivity contribution in [3.8, 4) is 0 Å². The highest BCUT2D eigenvalue weighted by atomic mass is 79.9. The van der Waals surface area contributed by atoms with Crippen LogP contribution in [0.25, 0.3) is 0 Å². The van der Waals surface area contributed by atoms with E-state index in [-0.39, 0.29) is 5.91 Å². The van der Waals surface area contributed by atoms with E-state index in [2.05, 4.69) is 15.9 Å². The predicted octanol–water partition coefficient (Wildman–Crippen LogP) is 2.91. The van der Waals surface area contributed by atoms with E-state index < -0.39 is 5.60 Å². The molecule has 4 heteroatoms. The lowest BCUT2D eigenvalue weighted by molar-refractivity contribution is 0.0367. The Morgan fingerprint density at radius 2 is 1.89 bits per heavy atom. The summed E-state index contributed by atoms with van der Waals surface area (Å²) in [5.74, 6) is -0.0646. The van der Waals surface area contributed by atoms with E-state index in [1.165, 1.54) is 0 Å². The van der Waals surface area contributed by atoms with Crippen LogP contribution in [0.2, 0.25) is 0 Å². The van der Waals surface area contributed by atoms with Gasteiger partial charge < -0.3 is 10.0 Å². The molecule has 0 aliphatic carbocycles. The zero-order chi connectivity index (χ0) is 14.1. The summed E-state index contributed by atoms with van der Waals surface area (Å²) in [5.41, 5.74) is 1.76. The van der Waals surface area contributed by atoms with Gasteiger partial charge in [-0.3, -0.25) is 4.79 Å². The summed E-state index contributed by atoms with van der Waals surface area (Å²) < 4.78 is 1.00. The monoisotopic (exact) mass is 313 g/mol. The third kappa shape index (κ3) is 3.82. The summed E-state index contributed by atoms with van der Waals surface area (Å²) >= 11 is 3.45. The molecule has 1 aromatic carbocycles. The molecule has 3 nitrogen and oxygen atoms in total. The average Bonchev–Trinajstić information content (AvgIpc) is 2.20. The predicted molar refractivity (Wildman–Crippen MR) is 76.9 cm³/mol. The molecule has 0 aromatic heterocycles. The van der Waals surface area contributed by atoms with Crippen LogP contribution < -0.4 is 0 Å². The Labute approximate surface area is 117 Å². The molecule has 0 spiro atoms. The summed E-state index contributed by atoms with van der Waals surface area (Å²) in [5, 5.41) is 9.75. The Morgan fingerprint density at radius 3 is 2.39 bits per heavy atom. The Kier molecular flexibility index (Phi) is 4.56. The van der Waals surface area contributed by atoms with Crippen molar-refractivity contribution >= 4 is 21.8 Å². The normalized spacial score (nSPS) is 11.5. The van der Waals surface area contributed by atoms with Crippen molar-refractivity contribution in [1.82, 2.24) is 4.90 Å². The van der Waals surface area contributed by atoms with Crippen LogP contribution in [0, 0.1) is 13.8 Å². The molecule has 1 aromatic rings. The third-order valence-electron chi connectivity index (χ3n) is 2.71. The number of aliphatic hydroxyl groups is 1. The van der Waals surface area contributed by atoms with Crippen LogP contribution in [0.4, 0.5) is 0 Å². The number of likely N-dealkylation sites (N-methyl/N-ethyl adjacent to an activating group) is 1. The molecule has 0 aliphatic heterocycles. The number of carbonyl (C=O) groups is 1. The van der Waals surface area contributed by atoms with Crippen LogP contribution in [0.3, 0.4) is 0 Å². The van der Waals surface area contributed by atoms with Crippen molar-refractivity contribution in [3.05, 3.63) is 33.3 Å². The molecular formula is C14H20BrNO2. The van der Waals surface area contributed by atoms with Gasteiger partial charge in [0.1, 0.15) is 0 Å². The molecule has 0 saturated carbocycles. The van der Waals surface area contributed by atoms with Crippen LogP contribution in [-0.2, 0) is 0 Å². The lowest BCUT2D eigenvalue weighted by Gasteiger charge is -2.26. The maximum atomic E-state index is 12.3. The first-order valence-electron chi connectivity index (χ1n) is 5.86. The quantitative estimate of drug-likeness (QED) is 0.932. The number of carbonyl (C=O) groups excluding carboxylic acids is 1. The smallest absolute Gasteiger partial charge is 0.253 e. The van der Waals surface area contributed by atoms with Gasteiger partial charge in [0.2, 0.25) is 0 Å². The molecule has 0 bridgehead atoms. The van der Waals surface area contributed by atoms with Crippen molar-refractivity contribution < 1.29 is 9.90 Å². The van der Waals surface area contributed by atoms with E-state index in [1.54, 1.807) is 25.8 Å². The van der Waals surface area contributed by atoms with Crippen LogP contribution >= 0.6 is 15.9 Å². The fourth-order valence-corrected chi connectivity index (χ4v) is 2.33. The maximum absolute atomic E-state index is 12.3. The summed E-state index contributed by atoms with van der Waals surface area (Å²) in [6.45, 7) is 7.55. The zero-order valence-corrected chi connectivity index (χ0v) is 13.1. The van der Waals surface area contributed by atoms with Gasteiger partial charge in [-0.1, -0.05) is 15.9 Å². The number of nitrogens with zero attached hydrogens (tertiary/aromatic N) is 1. The minimum atomic E-state index is -0.886. The number of amides is 1. The minimum absolute atomic E-state index is 0.0646. The molecule has 0 radical (unpaired) electrons. The average molecular weight is 314 g/mol. The topological polar surface area (TPSA) is 40.5 Å². The molecule has 100 valence electrons. The highest BCUT2D eigenvalue weighted by molar-refractivity contribution is 9.10. The second-order valence-corrected chi connectivity index (χ2v) is 6.24. The van der Waals surface area contributed by atoms with Crippen LogP contribution in [-0.4, -0.2) is 35.1 Å². The van der Waals surface area contributed by atoms with E-state index >= 15 is 0 Å². The highest BCUT2D eigenvalue weighted by Crippen LogP contribution is 2.22. The molecule has 1 rings (SSSR count). The lowest BCUT2D eigenvalue weighted by Crippen LogP contribution is -2.39. The molecule has 0 fully saturated rings. The van der Waals surface area contributed by atoms with Gasteiger partial charge in [0, 0.05) is 23.6 Å². The van der Waals surface area contributed by atoms with Crippen molar-refractivity contribution in [2.45, 2.75) is 33.3 Å². The fourth-order valence-electron chi connectivity index (χ4n) is 1.87. The molecule has 0 aliphatic rings. The van der Waals surface area contributed by atoms with Crippen LogP contribution in [0.15, 0.2) is 16.6 Å². The molecule has 0 atom stereocenters. The second-order valence-electron chi connectivity index (χ2n) is 5.39. The first kappa shape index (κ1) is 15.2. The number of benzene rings is 1. The highest BCUT2D eigenvalue weighted by Gasteiger charge is 2.21. The van der Waals surface area contributed by atoms with E-state index in [0.29, 0.717) is 12.1 Å². The first-order valence-corrected chi connectivity index (χ1v) is 6.66. The van der Waals surface area contributed by atoms with E-state index in [9.17, 15) is 9.90 Å². The Bertz CT molecular complexity index is 464. The number of rotatable bonds is 3. The lowest BCUT2D eigenvalue weighted by atomic mass is 10.0. The van der Waals surface area contributed by atoms with Gasteiger partial charge in [-0.2, -0.15) is 0 Å². The number of hydrogen-bond donors (Lipinski definition) is 1.